The first kappa shape index (κ1) is 9.79. The minimum atomic E-state index is -0.539. The largest absolute Gasteiger partial charge is 0.259 e. The Kier molecular flexibility index (Phi) is 2.47. The maximum Gasteiger partial charge on any atom is 0.235 e. The van der Waals surface area contributed by atoms with Gasteiger partial charge in [-0.1, -0.05) is 12.1 Å². The second-order valence-corrected chi connectivity index (χ2v) is 3.79. The molecule has 5 heteroatoms. The maximum atomic E-state index is 13.3. The normalized spacial score (nSPS) is 11.3. The molecule has 0 spiro atoms. The number of fused-ring (bicyclic) bond motifs is 1. The molecule has 0 saturated carbocycles. The van der Waals surface area contributed by atoms with Gasteiger partial charge in [-0.3, -0.25) is 10.1 Å². The van der Waals surface area contributed by atoms with Crippen LogP contribution in [0.15, 0.2) is 29.8 Å². The topological polar surface area (TPSA) is 43.1 Å². The van der Waals surface area contributed by atoms with E-state index in [-0.39, 0.29) is 5.82 Å². The van der Waals surface area contributed by atoms with E-state index in [1.807, 2.05) is 0 Å². The molecule has 0 radical (unpaired) electrons. The van der Waals surface area contributed by atoms with Crippen LogP contribution in [0, 0.1) is 15.9 Å². The van der Waals surface area contributed by atoms with Crippen molar-refractivity contribution in [1.82, 2.24) is 0 Å². The van der Waals surface area contributed by atoms with E-state index in [1.165, 1.54) is 23.5 Å². The van der Waals surface area contributed by atoms with Gasteiger partial charge in [0.25, 0.3) is 0 Å². The minimum Gasteiger partial charge on any atom is -0.259 e. The molecule has 0 bridgehead atoms. The summed E-state index contributed by atoms with van der Waals surface area (Å²) >= 11 is 1.24. The molecule has 0 aliphatic carbocycles. The SMILES string of the molecule is O=[N+]([O-])C=Cc1csc2c(F)cccc12. The highest BCUT2D eigenvalue weighted by atomic mass is 32.1. The number of rotatable bonds is 2. The van der Waals surface area contributed by atoms with Crippen LogP contribution in [-0.2, 0) is 0 Å². The van der Waals surface area contributed by atoms with Crippen LogP contribution in [-0.4, -0.2) is 4.92 Å². The Hall–Kier alpha value is -1.75. The first-order valence-corrected chi connectivity index (χ1v) is 5.04. The third-order valence-electron chi connectivity index (χ3n) is 1.96. The molecule has 76 valence electrons. The zero-order valence-corrected chi connectivity index (χ0v) is 8.33. The van der Waals surface area contributed by atoms with E-state index in [0.717, 1.165) is 6.20 Å². The quantitative estimate of drug-likeness (QED) is 0.579. The van der Waals surface area contributed by atoms with Crippen molar-refractivity contribution in [3.05, 3.63) is 51.3 Å². The number of nitro groups is 1. The van der Waals surface area contributed by atoms with E-state index in [4.69, 9.17) is 0 Å². The Bertz CT molecular complexity index is 547. The summed E-state index contributed by atoms with van der Waals surface area (Å²) in [6, 6.07) is 4.71. The summed E-state index contributed by atoms with van der Waals surface area (Å²) in [4.78, 5) is 9.61. The third kappa shape index (κ3) is 1.87. The summed E-state index contributed by atoms with van der Waals surface area (Å²) in [5.74, 6) is -0.293. The Labute approximate surface area is 88.6 Å². The van der Waals surface area contributed by atoms with Gasteiger partial charge in [0.1, 0.15) is 5.82 Å². The fourth-order valence-electron chi connectivity index (χ4n) is 1.31. The van der Waals surface area contributed by atoms with Crippen LogP contribution in [0.1, 0.15) is 5.56 Å². The summed E-state index contributed by atoms with van der Waals surface area (Å²) in [5.41, 5.74) is 0.672. The molecule has 1 aromatic carbocycles. The molecule has 3 nitrogen and oxygen atoms in total. The number of hydrogen-bond donors (Lipinski definition) is 0. The number of nitrogens with zero attached hydrogens (tertiary/aromatic N) is 1. The molecule has 0 aliphatic rings. The van der Waals surface area contributed by atoms with Crippen molar-refractivity contribution < 1.29 is 9.31 Å². The van der Waals surface area contributed by atoms with Gasteiger partial charge in [0.15, 0.2) is 0 Å². The van der Waals surface area contributed by atoms with Gasteiger partial charge < -0.3 is 0 Å². The molecular weight excluding hydrogens is 217 g/mol. The van der Waals surface area contributed by atoms with Crippen molar-refractivity contribution in [3.63, 3.8) is 0 Å². The Balaban J connectivity index is 2.54. The van der Waals surface area contributed by atoms with Gasteiger partial charge in [-0.2, -0.15) is 0 Å². The smallest absolute Gasteiger partial charge is 0.235 e. The maximum absolute atomic E-state index is 13.3. The fraction of sp³-hybridized carbons (Fsp3) is 0. The van der Waals surface area contributed by atoms with Crippen LogP contribution in [0.4, 0.5) is 4.39 Å². The zero-order valence-electron chi connectivity index (χ0n) is 7.51. The molecular formula is C10H6FNO2S. The lowest BCUT2D eigenvalue weighted by molar-refractivity contribution is -0.400. The molecule has 0 N–H and O–H groups in total. The summed E-state index contributed by atoms with van der Waals surface area (Å²) in [5, 5.41) is 12.6. The number of benzene rings is 1. The lowest BCUT2D eigenvalue weighted by atomic mass is 10.2. The molecule has 0 atom stereocenters. The number of hydrogen-bond acceptors (Lipinski definition) is 3. The van der Waals surface area contributed by atoms with E-state index < -0.39 is 4.92 Å². The van der Waals surface area contributed by atoms with Gasteiger partial charge in [0, 0.05) is 11.5 Å². The molecule has 0 aliphatic heterocycles. The molecule has 1 aromatic heterocycles. The summed E-state index contributed by atoms with van der Waals surface area (Å²) in [7, 11) is 0. The van der Waals surface area contributed by atoms with Crippen LogP contribution in [0.3, 0.4) is 0 Å². The molecule has 2 rings (SSSR count). The first-order valence-electron chi connectivity index (χ1n) is 4.16. The predicted octanol–water partition coefficient (Wildman–Crippen LogP) is 3.29. The van der Waals surface area contributed by atoms with Crippen molar-refractivity contribution >= 4 is 27.5 Å². The predicted molar refractivity (Wildman–Crippen MR) is 57.8 cm³/mol. The van der Waals surface area contributed by atoms with Crippen molar-refractivity contribution in [2.75, 3.05) is 0 Å². The standard InChI is InChI=1S/C10H6FNO2S/c11-9-3-1-2-8-7(4-5-12(13)14)6-15-10(8)9/h1-6H. The highest BCUT2D eigenvalue weighted by molar-refractivity contribution is 7.17. The van der Waals surface area contributed by atoms with E-state index in [9.17, 15) is 14.5 Å². The van der Waals surface area contributed by atoms with Crippen LogP contribution < -0.4 is 0 Å². The molecule has 2 aromatic rings. The molecule has 15 heavy (non-hydrogen) atoms. The van der Waals surface area contributed by atoms with E-state index in [1.54, 1.807) is 17.5 Å². The van der Waals surface area contributed by atoms with E-state index >= 15 is 0 Å². The van der Waals surface area contributed by atoms with Gasteiger partial charge >= 0.3 is 0 Å². The highest BCUT2D eigenvalue weighted by Crippen LogP contribution is 2.28. The van der Waals surface area contributed by atoms with Gasteiger partial charge in [0.2, 0.25) is 6.20 Å². The zero-order chi connectivity index (χ0) is 10.8. The third-order valence-corrected chi connectivity index (χ3v) is 2.98. The lowest BCUT2D eigenvalue weighted by Gasteiger charge is -1.91. The Morgan fingerprint density at radius 2 is 2.27 bits per heavy atom. The second kappa shape index (κ2) is 3.78. The molecule has 0 saturated heterocycles. The Morgan fingerprint density at radius 1 is 1.47 bits per heavy atom. The van der Waals surface area contributed by atoms with E-state index in [0.29, 0.717) is 15.6 Å². The van der Waals surface area contributed by atoms with E-state index in [2.05, 4.69) is 0 Å². The van der Waals surface area contributed by atoms with Gasteiger partial charge in [-0.25, -0.2) is 4.39 Å². The number of thiophene rings is 1. The van der Waals surface area contributed by atoms with Crippen LogP contribution in [0.5, 0.6) is 0 Å². The van der Waals surface area contributed by atoms with Gasteiger partial charge in [-0.15, -0.1) is 11.3 Å². The summed E-state index contributed by atoms with van der Waals surface area (Å²) in [6.07, 6.45) is 2.23. The monoisotopic (exact) mass is 223 g/mol. The Morgan fingerprint density at radius 3 is 3.00 bits per heavy atom. The van der Waals surface area contributed by atoms with Crippen LogP contribution >= 0.6 is 11.3 Å². The molecule has 0 unspecified atom stereocenters. The van der Waals surface area contributed by atoms with Gasteiger partial charge in [-0.05, 0) is 17.0 Å². The van der Waals surface area contributed by atoms with Crippen molar-refractivity contribution in [1.29, 1.82) is 0 Å². The van der Waals surface area contributed by atoms with Gasteiger partial charge in [0.05, 0.1) is 9.62 Å². The first-order chi connectivity index (χ1) is 7.18. The van der Waals surface area contributed by atoms with Crippen LogP contribution in [0.2, 0.25) is 0 Å². The van der Waals surface area contributed by atoms with Crippen molar-refractivity contribution in [2.24, 2.45) is 0 Å². The van der Waals surface area contributed by atoms with Crippen molar-refractivity contribution in [2.45, 2.75) is 0 Å². The number of halogens is 1. The average molecular weight is 223 g/mol. The minimum absolute atomic E-state index is 0.293. The summed E-state index contributed by atoms with van der Waals surface area (Å²) in [6.45, 7) is 0. The van der Waals surface area contributed by atoms with Crippen LogP contribution in [0.25, 0.3) is 16.2 Å². The average Bonchev–Trinajstić information content (AvgIpc) is 2.59. The van der Waals surface area contributed by atoms with Crippen molar-refractivity contribution in [3.8, 4) is 0 Å². The molecule has 0 amide bonds. The highest BCUT2D eigenvalue weighted by Gasteiger charge is 2.05. The molecule has 1 heterocycles. The fourth-order valence-corrected chi connectivity index (χ4v) is 2.26. The summed E-state index contributed by atoms with van der Waals surface area (Å²) < 4.78 is 13.8. The molecule has 0 fully saturated rings. The lowest BCUT2D eigenvalue weighted by Crippen LogP contribution is -1.81. The second-order valence-electron chi connectivity index (χ2n) is 2.91.